The number of hydrogen-bond donors (Lipinski definition) is 2. The predicted molar refractivity (Wildman–Crippen MR) is 82.3 cm³/mol. The highest BCUT2D eigenvalue weighted by Gasteiger charge is 2.31. The molecule has 1 amide bonds. The number of aromatic nitrogens is 2. The Hall–Kier alpha value is -1.89. The van der Waals surface area contributed by atoms with Gasteiger partial charge in [0.2, 0.25) is 0 Å². The van der Waals surface area contributed by atoms with E-state index in [1.165, 1.54) is 0 Å². The molecule has 1 saturated heterocycles. The Morgan fingerprint density at radius 2 is 2.04 bits per heavy atom. The first-order valence-corrected chi connectivity index (χ1v) is 8.21. The van der Waals surface area contributed by atoms with Gasteiger partial charge in [0.05, 0.1) is 23.7 Å². The number of hydrogen-bond acceptors (Lipinski definition) is 4. The lowest BCUT2D eigenvalue weighted by molar-refractivity contribution is -0.141. The third-order valence-electron chi connectivity index (χ3n) is 4.94. The van der Waals surface area contributed by atoms with Crippen LogP contribution in [-0.4, -0.2) is 46.0 Å². The van der Waals surface area contributed by atoms with Gasteiger partial charge in [-0.25, -0.2) is 0 Å². The molecule has 0 aromatic carbocycles. The number of nitrogens with zero attached hydrogens (tertiary/aromatic N) is 2. The molecule has 7 nitrogen and oxygen atoms in total. The van der Waals surface area contributed by atoms with Gasteiger partial charge in [0, 0.05) is 24.9 Å². The maximum absolute atomic E-state index is 12.5. The lowest BCUT2D eigenvalue weighted by Gasteiger charge is -2.23. The van der Waals surface area contributed by atoms with Crippen molar-refractivity contribution in [2.75, 3.05) is 13.2 Å². The molecule has 7 heteroatoms. The third-order valence-corrected chi connectivity index (χ3v) is 4.94. The molecular formula is C16H23N3O4. The number of carbonyl (C=O) groups is 2. The van der Waals surface area contributed by atoms with Gasteiger partial charge in [-0.1, -0.05) is 0 Å². The van der Waals surface area contributed by atoms with Crippen molar-refractivity contribution in [3.8, 4) is 0 Å². The summed E-state index contributed by atoms with van der Waals surface area (Å²) in [6.07, 6.45) is 5.29. The highest BCUT2D eigenvalue weighted by atomic mass is 16.5. The standard InChI is InChI=1S/C16H23N3O4/c1-10-14(9-17-19(10)13-4-6-23-7-5-13)15(20)18-12-3-2-11(8-12)16(21)22/h9,11-13H,2-8H2,1H3,(H,18,20)(H,21,22)/t11-,12+/m0/s1. The molecule has 0 unspecified atom stereocenters. The molecule has 0 bridgehead atoms. The van der Waals surface area contributed by atoms with E-state index < -0.39 is 5.97 Å². The quantitative estimate of drug-likeness (QED) is 0.877. The highest BCUT2D eigenvalue weighted by Crippen LogP contribution is 2.27. The Balaban J connectivity index is 1.64. The van der Waals surface area contributed by atoms with Gasteiger partial charge in [0.25, 0.3) is 5.91 Å². The SMILES string of the molecule is Cc1c(C(=O)N[C@@H]2CC[C@H](C(=O)O)C2)cnn1C1CCOCC1. The van der Waals surface area contributed by atoms with Crippen LogP contribution in [0.2, 0.25) is 0 Å². The number of aliphatic carboxylic acids is 1. The van der Waals surface area contributed by atoms with E-state index in [-0.39, 0.29) is 23.9 Å². The van der Waals surface area contributed by atoms with E-state index >= 15 is 0 Å². The highest BCUT2D eigenvalue weighted by molar-refractivity contribution is 5.95. The van der Waals surface area contributed by atoms with Crippen molar-refractivity contribution in [3.63, 3.8) is 0 Å². The van der Waals surface area contributed by atoms with Crippen LogP contribution < -0.4 is 5.32 Å². The molecule has 0 spiro atoms. The summed E-state index contributed by atoms with van der Waals surface area (Å²) < 4.78 is 7.29. The van der Waals surface area contributed by atoms with Crippen molar-refractivity contribution in [2.24, 2.45) is 5.92 Å². The molecule has 23 heavy (non-hydrogen) atoms. The maximum Gasteiger partial charge on any atom is 0.306 e. The van der Waals surface area contributed by atoms with Crippen molar-refractivity contribution < 1.29 is 19.4 Å². The van der Waals surface area contributed by atoms with Crippen LogP contribution in [0.3, 0.4) is 0 Å². The summed E-state index contributed by atoms with van der Waals surface area (Å²) in [6.45, 7) is 3.36. The van der Waals surface area contributed by atoms with E-state index in [1.54, 1.807) is 6.20 Å². The zero-order valence-corrected chi connectivity index (χ0v) is 13.3. The van der Waals surface area contributed by atoms with Gasteiger partial charge in [-0.15, -0.1) is 0 Å². The molecule has 2 N–H and O–H groups in total. The number of carboxylic acids is 1. The van der Waals surface area contributed by atoms with Gasteiger partial charge in [0.1, 0.15) is 0 Å². The Labute approximate surface area is 135 Å². The summed E-state index contributed by atoms with van der Waals surface area (Å²) in [5.74, 6) is -1.27. The Bertz CT molecular complexity index is 592. The fourth-order valence-corrected chi connectivity index (χ4v) is 3.54. The summed E-state index contributed by atoms with van der Waals surface area (Å²) in [7, 11) is 0. The lowest BCUT2D eigenvalue weighted by atomic mass is 10.1. The van der Waals surface area contributed by atoms with Crippen LogP contribution in [0.5, 0.6) is 0 Å². The number of nitrogens with one attached hydrogen (secondary N) is 1. The lowest BCUT2D eigenvalue weighted by Crippen LogP contribution is -2.33. The van der Waals surface area contributed by atoms with Gasteiger partial charge in [-0.3, -0.25) is 14.3 Å². The molecule has 1 aromatic rings. The van der Waals surface area contributed by atoms with Crippen molar-refractivity contribution >= 4 is 11.9 Å². The summed E-state index contributed by atoms with van der Waals surface area (Å²) in [5, 5.41) is 16.4. The number of ether oxygens (including phenoxy) is 1. The zero-order valence-electron chi connectivity index (χ0n) is 13.3. The summed E-state index contributed by atoms with van der Waals surface area (Å²) in [5.41, 5.74) is 1.44. The number of carboxylic acid groups (broad SMARTS) is 1. The molecule has 1 saturated carbocycles. The summed E-state index contributed by atoms with van der Waals surface area (Å²) in [6, 6.07) is 0.225. The van der Waals surface area contributed by atoms with Gasteiger partial charge in [0.15, 0.2) is 0 Å². The molecular weight excluding hydrogens is 298 g/mol. The average Bonchev–Trinajstić information content (AvgIpc) is 3.15. The molecule has 1 aliphatic carbocycles. The molecule has 2 atom stereocenters. The van der Waals surface area contributed by atoms with Gasteiger partial charge in [-0.05, 0) is 39.0 Å². The minimum absolute atomic E-state index is 0.0607. The van der Waals surface area contributed by atoms with Crippen LogP contribution in [-0.2, 0) is 9.53 Å². The van der Waals surface area contributed by atoms with E-state index in [4.69, 9.17) is 9.84 Å². The Morgan fingerprint density at radius 3 is 2.70 bits per heavy atom. The fourth-order valence-electron chi connectivity index (χ4n) is 3.54. The molecule has 2 fully saturated rings. The Kier molecular flexibility index (Phi) is 4.66. The van der Waals surface area contributed by atoms with Crippen LogP contribution >= 0.6 is 0 Å². The minimum atomic E-state index is -0.773. The molecule has 1 aromatic heterocycles. The second-order valence-corrected chi connectivity index (χ2v) is 6.45. The van der Waals surface area contributed by atoms with Gasteiger partial charge >= 0.3 is 5.97 Å². The Morgan fingerprint density at radius 1 is 1.30 bits per heavy atom. The monoisotopic (exact) mass is 321 g/mol. The third kappa shape index (κ3) is 3.39. The summed E-state index contributed by atoms with van der Waals surface area (Å²) in [4.78, 5) is 23.5. The van der Waals surface area contributed by atoms with E-state index in [2.05, 4.69) is 10.4 Å². The van der Waals surface area contributed by atoms with Crippen molar-refractivity contribution in [1.82, 2.24) is 15.1 Å². The second kappa shape index (κ2) is 6.70. The van der Waals surface area contributed by atoms with Crippen LogP contribution in [0.1, 0.15) is 54.2 Å². The molecule has 2 aliphatic rings. The van der Waals surface area contributed by atoms with Crippen LogP contribution in [0.4, 0.5) is 0 Å². The largest absolute Gasteiger partial charge is 0.481 e. The van der Waals surface area contributed by atoms with Gasteiger partial charge < -0.3 is 15.2 Å². The zero-order chi connectivity index (χ0) is 16.4. The van der Waals surface area contributed by atoms with Gasteiger partial charge in [-0.2, -0.15) is 5.10 Å². The van der Waals surface area contributed by atoms with E-state index in [0.29, 0.717) is 18.4 Å². The van der Waals surface area contributed by atoms with Crippen molar-refractivity contribution in [3.05, 3.63) is 17.5 Å². The van der Waals surface area contributed by atoms with E-state index in [0.717, 1.165) is 38.2 Å². The fraction of sp³-hybridized carbons (Fsp3) is 0.688. The van der Waals surface area contributed by atoms with E-state index in [1.807, 2.05) is 11.6 Å². The van der Waals surface area contributed by atoms with Crippen molar-refractivity contribution in [2.45, 2.75) is 51.1 Å². The smallest absolute Gasteiger partial charge is 0.306 e. The normalized spacial score (nSPS) is 25.4. The van der Waals surface area contributed by atoms with Crippen LogP contribution in [0, 0.1) is 12.8 Å². The molecule has 3 rings (SSSR count). The topological polar surface area (TPSA) is 93.5 Å². The predicted octanol–water partition coefficient (Wildman–Crippen LogP) is 1.53. The molecule has 2 heterocycles. The summed E-state index contributed by atoms with van der Waals surface area (Å²) >= 11 is 0. The van der Waals surface area contributed by atoms with Crippen LogP contribution in [0.25, 0.3) is 0 Å². The molecule has 126 valence electrons. The first kappa shape index (κ1) is 16.0. The van der Waals surface area contributed by atoms with Crippen molar-refractivity contribution in [1.29, 1.82) is 0 Å². The maximum atomic E-state index is 12.5. The molecule has 0 radical (unpaired) electrons. The van der Waals surface area contributed by atoms with Crippen LogP contribution in [0.15, 0.2) is 6.20 Å². The second-order valence-electron chi connectivity index (χ2n) is 6.45. The number of amides is 1. The first-order chi connectivity index (χ1) is 11.1. The molecule has 1 aliphatic heterocycles. The first-order valence-electron chi connectivity index (χ1n) is 8.21. The van der Waals surface area contributed by atoms with E-state index in [9.17, 15) is 9.59 Å². The minimum Gasteiger partial charge on any atom is -0.481 e. The number of rotatable bonds is 4. The average molecular weight is 321 g/mol. The number of carbonyl (C=O) groups excluding carboxylic acids is 1.